The monoisotopic (exact) mass is 347 g/mol. The van der Waals surface area contributed by atoms with Crippen molar-refractivity contribution in [3.05, 3.63) is 34.7 Å². The molecular formula is C18H21NO4S. The van der Waals surface area contributed by atoms with E-state index < -0.39 is 5.97 Å². The van der Waals surface area contributed by atoms with Crippen molar-refractivity contribution in [1.82, 2.24) is 4.90 Å². The maximum atomic E-state index is 13.0. The molecule has 2 heterocycles. The second-order valence-corrected chi connectivity index (χ2v) is 7.51. The van der Waals surface area contributed by atoms with Crippen LogP contribution in [0.1, 0.15) is 40.3 Å². The fraction of sp³-hybridized carbons (Fsp3) is 0.444. The smallest absolute Gasteiger partial charge is 0.336 e. The Morgan fingerprint density at radius 3 is 2.75 bits per heavy atom. The molecule has 2 atom stereocenters. The highest BCUT2D eigenvalue weighted by atomic mass is 32.1. The lowest BCUT2D eigenvalue weighted by molar-refractivity contribution is 0.0379. The molecule has 1 amide bonds. The quantitative estimate of drug-likeness (QED) is 0.919. The van der Waals surface area contributed by atoms with Gasteiger partial charge in [0.05, 0.1) is 22.6 Å². The second-order valence-electron chi connectivity index (χ2n) is 6.43. The number of hydrogen-bond acceptors (Lipinski definition) is 4. The molecule has 1 N–H and O–H groups in total. The molecule has 6 heteroatoms. The van der Waals surface area contributed by atoms with Crippen LogP contribution in [0.4, 0.5) is 0 Å². The van der Waals surface area contributed by atoms with Crippen LogP contribution in [-0.4, -0.2) is 47.7 Å². The number of benzene rings is 1. The molecule has 3 rings (SSSR count). The van der Waals surface area contributed by atoms with E-state index >= 15 is 0 Å². The van der Waals surface area contributed by atoms with Gasteiger partial charge in [-0.3, -0.25) is 4.79 Å². The minimum Gasteiger partial charge on any atom is -0.478 e. The van der Waals surface area contributed by atoms with Gasteiger partial charge in [-0.15, -0.1) is 11.3 Å². The van der Waals surface area contributed by atoms with Crippen molar-refractivity contribution >= 4 is 33.3 Å². The molecule has 0 bridgehead atoms. The van der Waals surface area contributed by atoms with E-state index in [1.165, 1.54) is 11.3 Å². The van der Waals surface area contributed by atoms with E-state index in [9.17, 15) is 14.7 Å². The van der Waals surface area contributed by atoms with Gasteiger partial charge < -0.3 is 14.7 Å². The number of thiophene rings is 1. The molecule has 1 aliphatic heterocycles. The van der Waals surface area contributed by atoms with Crippen LogP contribution in [0.5, 0.6) is 0 Å². The van der Waals surface area contributed by atoms with Crippen LogP contribution in [0.3, 0.4) is 0 Å². The normalized spacial score (nSPS) is 20.9. The first-order chi connectivity index (χ1) is 11.4. The fourth-order valence-electron chi connectivity index (χ4n) is 3.56. The fourth-order valence-corrected chi connectivity index (χ4v) is 4.61. The zero-order valence-corrected chi connectivity index (χ0v) is 14.8. The van der Waals surface area contributed by atoms with Gasteiger partial charge in [0.2, 0.25) is 0 Å². The molecule has 1 aromatic heterocycles. The average molecular weight is 347 g/mol. The first-order valence-corrected chi connectivity index (χ1v) is 8.85. The van der Waals surface area contributed by atoms with Gasteiger partial charge in [-0.25, -0.2) is 4.79 Å². The van der Waals surface area contributed by atoms with Crippen LogP contribution < -0.4 is 0 Å². The van der Waals surface area contributed by atoms with Gasteiger partial charge in [0, 0.05) is 23.7 Å². The summed E-state index contributed by atoms with van der Waals surface area (Å²) < 4.78 is 6.36. The summed E-state index contributed by atoms with van der Waals surface area (Å²) in [5, 5.41) is 9.94. The number of amides is 1. The molecule has 0 spiro atoms. The molecule has 1 fully saturated rings. The first kappa shape index (κ1) is 16.9. The number of ether oxygens (including phenoxy) is 1. The minimum absolute atomic E-state index is 0.0363. The van der Waals surface area contributed by atoms with Gasteiger partial charge in [0.25, 0.3) is 5.91 Å². The SMILES string of the molecule is CO[C@@H]1CCN(C(=O)c2cc3c(C(=O)O)cccc3s2)[C@@H]1C(C)C. The predicted octanol–water partition coefficient (Wildman–Crippen LogP) is 3.49. The molecule has 1 aromatic carbocycles. The summed E-state index contributed by atoms with van der Waals surface area (Å²) in [5.41, 5.74) is 0.236. The predicted molar refractivity (Wildman–Crippen MR) is 93.9 cm³/mol. The number of carbonyl (C=O) groups excluding carboxylic acids is 1. The number of carbonyl (C=O) groups is 2. The Labute approximate surface area is 144 Å². The van der Waals surface area contributed by atoms with Gasteiger partial charge in [0.15, 0.2) is 0 Å². The molecule has 2 aromatic rings. The van der Waals surface area contributed by atoms with Crippen LogP contribution in [0.15, 0.2) is 24.3 Å². The van der Waals surface area contributed by atoms with Crippen molar-refractivity contribution in [3.8, 4) is 0 Å². The summed E-state index contributed by atoms with van der Waals surface area (Å²) in [5.74, 6) is -0.714. The number of likely N-dealkylation sites (tertiary alicyclic amines) is 1. The summed E-state index contributed by atoms with van der Waals surface area (Å²) in [4.78, 5) is 26.8. The van der Waals surface area contributed by atoms with Gasteiger partial charge in [0.1, 0.15) is 0 Å². The Morgan fingerprint density at radius 1 is 1.38 bits per heavy atom. The van der Waals surface area contributed by atoms with Crippen LogP contribution in [0.25, 0.3) is 10.1 Å². The van der Waals surface area contributed by atoms with E-state index in [0.29, 0.717) is 22.7 Å². The van der Waals surface area contributed by atoms with Crippen LogP contribution in [0, 0.1) is 5.92 Å². The van der Waals surface area contributed by atoms with Gasteiger partial charge in [-0.05, 0) is 30.5 Å². The lowest BCUT2D eigenvalue weighted by atomic mass is 9.99. The molecule has 24 heavy (non-hydrogen) atoms. The maximum Gasteiger partial charge on any atom is 0.336 e. The van der Waals surface area contributed by atoms with E-state index in [1.54, 1.807) is 25.3 Å². The number of hydrogen-bond donors (Lipinski definition) is 1. The summed E-state index contributed by atoms with van der Waals surface area (Å²) >= 11 is 1.35. The molecule has 1 saturated heterocycles. The molecular weight excluding hydrogens is 326 g/mol. The zero-order valence-electron chi connectivity index (χ0n) is 14.0. The van der Waals surface area contributed by atoms with Crippen molar-refractivity contribution in [2.75, 3.05) is 13.7 Å². The van der Waals surface area contributed by atoms with E-state index in [2.05, 4.69) is 13.8 Å². The third-order valence-corrected chi connectivity index (χ3v) is 5.73. The number of aromatic carboxylic acids is 1. The second kappa shape index (κ2) is 6.53. The Hall–Kier alpha value is -1.92. The molecule has 0 aliphatic carbocycles. The molecule has 0 saturated carbocycles. The highest BCUT2D eigenvalue weighted by Gasteiger charge is 2.39. The average Bonchev–Trinajstić information content (AvgIpc) is 3.17. The van der Waals surface area contributed by atoms with E-state index in [4.69, 9.17) is 4.74 Å². The molecule has 1 aliphatic rings. The van der Waals surface area contributed by atoms with E-state index in [1.807, 2.05) is 11.0 Å². The zero-order chi connectivity index (χ0) is 17.4. The highest BCUT2D eigenvalue weighted by Crippen LogP contribution is 2.33. The van der Waals surface area contributed by atoms with Crippen molar-refractivity contribution in [3.63, 3.8) is 0 Å². The largest absolute Gasteiger partial charge is 0.478 e. The number of methoxy groups -OCH3 is 1. The van der Waals surface area contributed by atoms with E-state index in [-0.39, 0.29) is 23.6 Å². The first-order valence-electron chi connectivity index (χ1n) is 8.03. The summed E-state index contributed by atoms with van der Waals surface area (Å²) in [6.45, 7) is 4.85. The lowest BCUT2D eigenvalue weighted by Crippen LogP contribution is -2.43. The number of nitrogens with zero attached hydrogens (tertiary/aromatic N) is 1. The number of carboxylic acids is 1. The van der Waals surface area contributed by atoms with Gasteiger partial charge >= 0.3 is 5.97 Å². The van der Waals surface area contributed by atoms with Crippen molar-refractivity contribution in [2.45, 2.75) is 32.4 Å². The van der Waals surface area contributed by atoms with Gasteiger partial charge in [-0.2, -0.15) is 0 Å². The van der Waals surface area contributed by atoms with Crippen molar-refractivity contribution < 1.29 is 19.4 Å². The minimum atomic E-state index is -0.974. The lowest BCUT2D eigenvalue weighted by Gasteiger charge is -2.30. The summed E-state index contributed by atoms with van der Waals surface area (Å²) in [7, 11) is 1.69. The standard InChI is InChI=1S/C18H21NO4S/c1-10(2)16-13(23-3)7-8-19(16)17(20)15-9-12-11(18(21)22)5-4-6-14(12)24-15/h4-6,9-10,13,16H,7-8H2,1-3H3,(H,21,22)/t13-,16-/m1/s1. The number of fused-ring (bicyclic) bond motifs is 1. The Balaban J connectivity index is 1.97. The third-order valence-electron chi connectivity index (χ3n) is 4.64. The van der Waals surface area contributed by atoms with Gasteiger partial charge in [-0.1, -0.05) is 19.9 Å². The Morgan fingerprint density at radius 2 is 2.12 bits per heavy atom. The highest BCUT2D eigenvalue weighted by molar-refractivity contribution is 7.20. The Kier molecular flexibility index (Phi) is 4.60. The molecule has 5 nitrogen and oxygen atoms in total. The van der Waals surface area contributed by atoms with Crippen LogP contribution >= 0.6 is 11.3 Å². The summed E-state index contributed by atoms with van der Waals surface area (Å²) in [6.07, 6.45) is 0.883. The molecule has 0 unspecified atom stereocenters. The molecule has 128 valence electrons. The number of rotatable bonds is 4. The third kappa shape index (κ3) is 2.80. The van der Waals surface area contributed by atoms with Crippen LogP contribution in [0.2, 0.25) is 0 Å². The maximum absolute atomic E-state index is 13.0. The summed E-state index contributed by atoms with van der Waals surface area (Å²) in [6, 6.07) is 6.89. The topological polar surface area (TPSA) is 66.8 Å². The molecule has 0 radical (unpaired) electrons. The van der Waals surface area contributed by atoms with Crippen molar-refractivity contribution in [2.24, 2.45) is 5.92 Å². The van der Waals surface area contributed by atoms with Crippen molar-refractivity contribution in [1.29, 1.82) is 0 Å². The van der Waals surface area contributed by atoms with Crippen LogP contribution in [-0.2, 0) is 4.74 Å². The Bertz CT molecular complexity index is 782. The van der Waals surface area contributed by atoms with E-state index in [0.717, 1.165) is 11.1 Å². The number of carboxylic acid groups (broad SMARTS) is 1.